The fraction of sp³-hybridized carbons (Fsp3) is 0.661. The van der Waals surface area contributed by atoms with E-state index in [1.54, 1.807) is 0 Å². The first kappa shape index (κ1) is 61.5. The first-order chi connectivity index (χ1) is 32.0. The number of aliphatic hydroxyl groups excluding tert-OH is 2. The molecule has 3 unspecified atom stereocenters. The molecule has 0 aromatic carbocycles. The number of aliphatic hydroxyl groups is 2. The van der Waals surface area contributed by atoms with E-state index in [1.807, 2.05) is 18.2 Å². The van der Waals surface area contributed by atoms with E-state index >= 15 is 0 Å². The fourth-order valence-electron chi connectivity index (χ4n) is 7.47. The number of rotatable bonds is 46. The van der Waals surface area contributed by atoms with Crippen LogP contribution in [-0.4, -0.2) is 46.9 Å². The Balaban J connectivity index is 4.75. The third-order valence-electron chi connectivity index (χ3n) is 11.4. The minimum atomic E-state index is -0.814. The van der Waals surface area contributed by atoms with Crippen molar-refractivity contribution < 1.29 is 24.5 Å². The van der Waals surface area contributed by atoms with Crippen molar-refractivity contribution in [1.82, 2.24) is 5.32 Å². The predicted octanol–water partition coefficient (Wildman–Crippen LogP) is 16.3. The van der Waals surface area contributed by atoms with Crippen LogP contribution in [0.1, 0.15) is 226 Å². The Bertz CT molecular complexity index is 1330. The quantitative estimate of drug-likeness (QED) is 0.0245. The molecule has 65 heavy (non-hydrogen) atoms. The Labute approximate surface area is 400 Å². The van der Waals surface area contributed by atoms with Crippen LogP contribution in [-0.2, 0) is 14.3 Å². The van der Waals surface area contributed by atoms with Gasteiger partial charge in [-0.25, -0.2) is 0 Å². The molecule has 0 heterocycles. The van der Waals surface area contributed by atoms with Crippen LogP contribution in [0.5, 0.6) is 0 Å². The minimum Gasteiger partial charge on any atom is -0.462 e. The van der Waals surface area contributed by atoms with Crippen LogP contribution in [0, 0.1) is 0 Å². The highest BCUT2D eigenvalue weighted by molar-refractivity contribution is 5.77. The van der Waals surface area contributed by atoms with Crippen molar-refractivity contribution in [3.05, 3.63) is 109 Å². The lowest BCUT2D eigenvalue weighted by atomic mass is 10.0. The summed E-state index contributed by atoms with van der Waals surface area (Å²) in [5.41, 5.74) is 0. The van der Waals surface area contributed by atoms with E-state index in [2.05, 4.69) is 117 Å². The standard InChI is InChI=1S/C59H99NO5/c1-4-7-10-13-16-19-22-25-28-29-31-32-35-38-41-44-47-50-55(65-59(64)52-49-46-43-40-37-34-30-26-23-20-17-14-11-8-5-2)53-58(63)60-56(54-61)57(62)51-48-45-42-39-36-33-27-24-21-18-15-12-9-6-3/h7-8,10-11,14,16-17,19-20,23,25-26,28,30-32,38,41,55-57,61-62H,4-6,9,12-13,15,18,21-22,24,27,29,33-37,39-40,42-54H2,1-3H3,(H,60,63)/b10-7-,11-8+,17-14+,19-16-,23-20+,28-25-,30-26-,32-31-,41-38-. The van der Waals surface area contributed by atoms with Crippen LogP contribution in [0.2, 0.25) is 0 Å². The molecule has 0 aromatic rings. The zero-order valence-corrected chi connectivity index (χ0v) is 42.1. The van der Waals surface area contributed by atoms with Crippen molar-refractivity contribution in [1.29, 1.82) is 0 Å². The van der Waals surface area contributed by atoms with E-state index in [0.29, 0.717) is 19.3 Å². The molecule has 0 aliphatic carbocycles. The molecule has 0 saturated carbocycles. The lowest BCUT2D eigenvalue weighted by Gasteiger charge is -2.24. The summed E-state index contributed by atoms with van der Waals surface area (Å²) in [5.74, 6) is -0.565. The van der Waals surface area contributed by atoms with Gasteiger partial charge in [-0.05, 0) is 83.5 Å². The van der Waals surface area contributed by atoms with Crippen LogP contribution in [0.3, 0.4) is 0 Å². The van der Waals surface area contributed by atoms with Gasteiger partial charge >= 0.3 is 5.97 Å². The molecule has 0 spiro atoms. The van der Waals surface area contributed by atoms with Gasteiger partial charge in [-0.1, -0.05) is 239 Å². The average molecular weight is 902 g/mol. The largest absolute Gasteiger partial charge is 0.462 e. The van der Waals surface area contributed by atoms with Crippen LogP contribution >= 0.6 is 0 Å². The van der Waals surface area contributed by atoms with E-state index in [1.165, 1.54) is 70.6 Å². The molecular formula is C59H99NO5. The number of allylic oxidation sites excluding steroid dienone is 18. The Morgan fingerprint density at radius 2 is 0.923 bits per heavy atom. The number of nitrogens with one attached hydrogen (secondary N) is 1. The zero-order chi connectivity index (χ0) is 47.4. The number of amides is 1. The Morgan fingerprint density at radius 1 is 0.477 bits per heavy atom. The molecule has 0 radical (unpaired) electrons. The first-order valence-electron chi connectivity index (χ1n) is 26.7. The van der Waals surface area contributed by atoms with E-state index in [4.69, 9.17) is 4.74 Å². The van der Waals surface area contributed by atoms with Gasteiger partial charge in [0.05, 0.1) is 25.2 Å². The van der Waals surface area contributed by atoms with E-state index in [0.717, 1.165) is 109 Å². The highest BCUT2D eigenvalue weighted by Crippen LogP contribution is 2.17. The van der Waals surface area contributed by atoms with Gasteiger partial charge in [0.2, 0.25) is 5.91 Å². The maximum atomic E-state index is 13.2. The molecule has 0 saturated heterocycles. The third-order valence-corrected chi connectivity index (χ3v) is 11.4. The summed E-state index contributed by atoms with van der Waals surface area (Å²) in [5, 5.41) is 23.8. The predicted molar refractivity (Wildman–Crippen MR) is 282 cm³/mol. The van der Waals surface area contributed by atoms with Crippen LogP contribution < -0.4 is 5.32 Å². The second-order valence-corrected chi connectivity index (χ2v) is 17.6. The number of esters is 1. The molecule has 0 aromatic heterocycles. The monoisotopic (exact) mass is 902 g/mol. The molecule has 0 rings (SSSR count). The van der Waals surface area contributed by atoms with Crippen LogP contribution in [0.25, 0.3) is 0 Å². The van der Waals surface area contributed by atoms with Crippen LogP contribution in [0.4, 0.5) is 0 Å². The minimum absolute atomic E-state index is 0.0222. The first-order valence-corrected chi connectivity index (χ1v) is 26.7. The second-order valence-electron chi connectivity index (χ2n) is 17.6. The second kappa shape index (κ2) is 51.5. The Morgan fingerprint density at radius 3 is 1.46 bits per heavy atom. The average Bonchev–Trinajstić information content (AvgIpc) is 3.30. The summed E-state index contributed by atoms with van der Waals surface area (Å²) in [6, 6.07) is -0.732. The number of unbranched alkanes of at least 4 members (excludes halogenated alkanes) is 19. The summed E-state index contributed by atoms with van der Waals surface area (Å²) in [6.45, 7) is 6.21. The van der Waals surface area contributed by atoms with Gasteiger partial charge in [0.1, 0.15) is 6.10 Å². The molecule has 3 atom stereocenters. The van der Waals surface area contributed by atoms with E-state index < -0.39 is 18.2 Å². The van der Waals surface area contributed by atoms with Gasteiger partial charge in [0.25, 0.3) is 0 Å². The molecule has 3 N–H and O–H groups in total. The van der Waals surface area contributed by atoms with Gasteiger partial charge in [0.15, 0.2) is 0 Å². The smallest absolute Gasteiger partial charge is 0.306 e. The number of ether oxygens (including phenoxy) is 1. The SMILES string of the molecule is CC/C=C\C/C=C\C/C=C\C/C=C\C/C=C\CCCC(CC(=O)NC(CO)C(O)CCCCCCCCCCCCCCCC)OC(=O)CCCCCCC\C=C/C=C/C=C/C=C/CC. The lowest BCUT2D eigenvalue weighted by Crippen LogP contribution is -2.46. The summed E-state index contributed by atoms with van der Waals surface area (Å²) in [7, 11) is 0. The van der Waals surface area contributed by atoms with Gasteiger partial charge in [0, 0.05) is 6.42 Å². The normalized spacial score (nSPS) is 14.1. The number of hydrogen-bond donors (Lipinski definition) is 3. The summed E-state index contributed by atoms with van der Waals surface area (Å²) < 4.78 is 5.90. The maximum Gasteiger partial charge on any atom is 0.306 e. The molecule has 6 nitrogen and oxygen atoms in total. The Hall–Kier alpha value is -3.48. The number of carbonyl (C=O) groups excluding carboxylic acids is 2. The van der Waals surface area contributed by atoms with Gasteiger partial charge < -0.3 is 20.3 Å². The van der Waals surface area contributed by atoms with Crippen molar-refractivity contribution in [2.75, 3.05) is 6.61 Å². The molecule has 370 valence electrons. The molecular weight excluding hydrogens is 803 g/mol. The molecule has 0 aliphatic heterocycles. The molecule has 0 bridgehead atoms. The van der Waals surface area contributed by atoms with Gasteiger partial charge in [-0.3, -0.25) is 9.59 Å². The lowest BCUT2D eigenvalue weighted by molar-refractivity contribution is -0.151. The van der Waals surface area contributed by atoms with Crippen molar-refractivity contribution in [3.8, 4) is 0 Å². The number of carbonyl (C=O) groups is 2. The third kappa shape index (κ3) is 46.8. The van der Waals surface area contributed by atoms with Crippen molar-refractivity contribution >= 4 is 11.9 Å². The maximum absolute atomic E-state index is 13.2. The fourth-order valence-corrected chi connectivity index (χ4v) is 7.47. The van der Waals surface area contributed by atoms with Crippen molar-refractivity contribution in [3.63, 3.8) is 0 Å². The Kier molecular flexibility index (Phi) is 48.7. The van der Waals surface area contributed by atoms with E-state index in [9.17, 15) is 19.8 Å². The molecule has 1 amide bonds. The topological polar surface area (TPSA) is 95.9 Å². The van der Waals surface area contributed by atoms with Crippen molar-refractivity contribution in [2.24, 2.45) is 0 Å². The molecule has 0 aliphatic rings. The van der Waals surface area contributed by atoms with Gasteiger partial charge in [-0.2, -0.15) is 0 Å². The summed E-state index contributed by atoms with van der Waals surface area (Å²) >= 11 is 0. The highest BCUT2D eigenvalue weighted by atomic mass is 16.5. The summed E-state index contributed by atoms with van der Waals surface area (Å²) in [4.78, 5) is 26.2. The van der Waals surface area contributed by atoms with E-state index in [-0.39, 0.29) is 24.9 Å². The van der Waals surface area contributed by atoms with Crippen LogP contribution in [0.15, 0.2) is 109 Å². The molecule has 0 fully saturated rings. The highest BCUT2D eigenvalue weighted by Gasteiger charge is 2.24. The van der Waals surface area contributed by atoms with Crippen molar-refractivity contribution in [2.45, 2.75) is 244 Å². The number of hydrogen-bond acceptors (Lipinski definition) is 5. The summed E-state index contributed by atoms with van der Waals surface area (Å²) in [6.07, 6.45) is 70.0. The van der Waals surface area contributed by atoms with Gasteiger partial charge in [-0.15, -0.1) is 0 Å². The molecule has 6 heteroatoms. The zero-order valence-electron chi connectivity index (χ0n) is 42.1.